The number of aromatic nitrogens is 1. The summed E-state index contributed by atoms with van der Waals surface area (Å²) >= 11 is 0.962. The van der Waals surface area contributed by atoms with Gasteiger partial charge in [-0.15, -0.1) is 11.3 Å². The van der Waals surface area contributed by atoms with Crippen molar-refractivity contribution in [3.8, 4) is 0 Å². The van der Waals surface area contributed by atoms with Crippen LogP contribution in [-0.4, -0.2) is 147 Å². The van der Waals surface area contributed by atoms with Crippen LogP contribution < -0.4 is 16.8 Å². The molecule has 0 spiro atoms. The molecule has 0 bridgehead atoms. The van der Waals surface area contributed by atoms with E-state index in [1.165, 1.54) is 5.38 Å². The van der Waals surface area contributed by atoms with Crippen LogP contribution in [-0.2, 0) is 33.6 Å². The summed E-state index contributed by atoms with van der Waals surface area (Å²) in [5, 5.41) is 25.1. The van der Waals surface area contributed by atoms with Crippen LogP contribution in [0.3, 0.4) is 0 Å². The van der Waals surface area contributed by atoms with E-state index in [2.05, 4.69) is 25.0 Å². The molecule has 0 unspecified atom stereocenters. The molecule has 1 aromatic rings. The molecule has 7 N–H and O–H groups in total. The predicted octanol–water partition coefficient (Wildman–Crippen LogP) is -3.42. The number of carboxylic acid groups (broad SMARTS) is 2. The number of carbonyl (C=O) groups is 5. The van der Waals surface area contributed by atoms with E-state index in [0.717, 1.165) is 11.3 Å². The number of hydroxylamine groups is 2. The molecule has 1 aromatic heterocycles. The summed E-state index contributed by atoms with van der Waals surface area (Å²) in [4.78, 5) is 70.3. The molecule has 0 aliphatic carbocycles. The molecule has 0 saturated carbocycles. The molecule has 2 atom stereocenters. The van der Waals surface area contributed by atoms with Crippen molar-refractivity contribution in [1.82, 2.24) is 15.4 Å². The molecule has 33 heavy (non-hydrogen) atoms. The van der Waals surface area contributed by atoms with Crippen LogP contribution in [0.4, 0.5) is 9.93 Å². The van der Waals surface area contributed by atoms with Crippen molar-refractivity contribution >= 4 is 111 Å². The van der Waals surface area contributed by atoms with Crippen LogP contribution in [0.15, 0.2) is 10.5 Å². The van der Waals surface area contributed by atoms with E-state index in [1.807, 2.05) is 0 Å². The second-order valence-electron chi connectivity index (χ2n) is 5.66. The fourth-order valence-electron chi connectivity index (χ4n) is 2.25. The molecule has 2 heterocycles. The number of hydrogen-bond donors (Lipinski definition) is 5. The number of rotatable bonds is 11. The standard InChI is InChI=1S/C14H16N6O10S.2Na/c15-13-17-5(4-31-13)9(19-29-2-7(21)22)11(25)18-10-6(1-28-14(16)27)20(12(10)26)30-3-8(23)24;;/h4,6,10H,1-3H2,(H2,15,17)(H2,16,27)(H,18,25)(H,21,22)(H,23,24);;/t6-,10-;;/m0../s1. The molecular weight excluding hydrogens is 490 g/mol. The molecule has 1 fully saturated rings. The van der Waals surface area contributed by atoms with Crippen molar-refractivity contribution in [1.29, 1.82) is 0 Å². The van der Waals surface area contributed by atoms with Crippen molar-refractivity contribution in [2.45, 2.75) is 12.1 Å². The molecule has 2 rings (SSSR count). The Morgan fingerprint density at radius 2 is 1.85 bits per heavy atom. The number of β-lactam (4-membered cyclic amide) rings is 1. The number of nitrogens with one attached hydrogen (secondary N) is 1. The van der Waals surface area contributed by atoms with Gasteiger partial charge in [0.05, 0.1) is 0 Å². The maximum absolute atomic E-state index is 12.7. The van der Waals surface area contributed by atoms with E-state index in [0.29, 0.717) is 5.06 Å². The Labute approximate surface area is 233 Å². The number of nitrogens with zero attached hydrogens (tertiary/aromatic N) is 3. The first-order chi connectivity index (χ1) is 14.6. The molecule has 170 valence electrons. The Kier molecular flexibility index (Phi) is 13.4. The van der Waals surface area contributed by atoms with Gasteiger partial charge in [-0.25, -0.2) is 24.4 Å². The van der Waals surface area contributed by atoms with Gasteiger partial charge >= 0.3 is 18.0 Å². The minimum absolute atomic E-state index is 0. The molecular formula is C14H16N6Na2O10S. The quantitative estimate of drug-likeness (QED) is 0.0852. The van der Waals surface area contributed by atoms with E-state index in [4.69, 9.17) is 26.5 Å². The van der Waals surface area contributed by atoms with Gasteiger partial charge in [0.15, 0.2) is 17.5 Å². The summed E-state index contributed by atoms with van der Waals surface area (Å²) in [7, 11) is 0. The smallest absolute Gasteiger partial charge is 0.404 e. The fraction of sp³-hybridized carbons (Fsp3) is 0.357. The van der Waals surface area contributed by atoms with Crippen LogP contribution in [0, 0.1) is 0 Å². The van der Waals surface area contributed by atoms with Crippen molar-refractivity contribution in [3.05, 3.63) is 11.1 Å². The predicted molar refractivity (Wildman–Crippen MR) is 110 cm³/mol. The minimum Gasteiger partial charge on any atom is -0.479 e. The van der Waals surface area contributed by atoms with Crippen LogP contribution in [0.25, 0.3) is 0 Å². The monoisotopic (exact) mass is 506 g/mol. The average molecular weight is 506 g/mol. The van der Waals surface area contributed by atoms with Crippen molar-refractivity contribution in [3.63, 3.8) is 0 Å². The van der Waals surface area contributed by atoms with Gasteiger partial charge in [0.2, 0.25) is 6.61 Å². The molecule has 3 amide bonds. The van der Waals surface area contributed by atoms with Gasteiger partial charge in [0.1, 0.15) is 24.4 Å². The zero-order valence-electron chi connectivity index (χ0n) is 17.4. The summed E-state index contributed by atoms with van der Waals surface area (Å²) < 4.78 is 4.60. The van der Waals surface area contributed by atoms with Crippen LogP contribution >= 0.6 is 11.3 Å². The fourth-order valence-corrected chi connectivity index (χ4v) is 2.80. The maximum Gasteiger partial charge on any atom is 0.404 e. The number of carbonyl (C=O) groups excluding carboxylic acids is 3. The normalized spacial score (nSPS) is 17.0. The van der Waals surface area contributed by atoms with Gasteiger partial charge in [-0.3, -0.25) is 14.4 Å². The number of nitrogens with two attached hydrogens (primary N) is 2. The Morgan fingerprint density at radius 1 is 1.21 bits per heavy atom. The summed E-state index contributed by atoms with van der Waals surface area (Å²) in [6, 6.07) is -2.42. The number of aliphatic carboxylic acids is 2. The molecule has 1 saturated heterocycles. The van der Waals surface area contributed by atoms with Gasteiger partial charge in [0.25, 0.3) is 11.8 Å². The van der Waals surface area contributed by atoms with Gasteiger partial charge in [-0.05, 0) is 0 Å². The third-order valence-electron chi connectivity index (χ3n) is 3.50. The second-order valence-corrected chi connectivity index (χ2v) is 6.55. The molecule has 16 nitrogen and oxygen atoms in total. The zero-order chi connectivity index (χ0) is 23.1. The number of hydrogen-bond acceptors (Lipinski definition) is 12. The first kappa shape index (κ1) is 31.0. The zero-order valence-corrected chi connectivity index (χ0v) is 22.2. The molecule has 19 heteroatoms. The summed E-state index contributed by atoms with van der Waals surface area (Å²) in [5.74, 6) is -4.58. The number of thiazole rings is 1. The van der Waals surface area contributed by atoms with Crippen LogP contribution in [0.1, 0.15) is 5.69 Å². The Hall–Kier alpha value is -1.99. The summed E-state index contributed by atoms with van der Waals surface area (Å²) in [5.41, 5.74) is 9.87. The van der Waals surface area contributed by atoms with Gasteiger partial charge in [-0.1, -0.05) is 5.16 Å². The SMILES string of the molecule is NC(=O)OC[C@H]1[C@H](NC(=O)C(=NOCC(=O)O)c2csc(N)n2)C(=O)N1OCC(=O)O.[Na].[Na]. The first-order valence-corrected chi connectivity index (χ1v) is 9.02. The number of primary amides is 1. The Bertz CT molecular complexity index is 928. The number of amides is 3. The van der Waals surface area contributed by atoms with E-state index in [1.54, 1.807) is 0 Å². The van der Waals surface area contributed by atoms with Crippen molar-refractivity contribution < 1.29 is 48.6 Å². The van der Waals surface area contributed by atoms with Gasteiger partial charge in [-0.2, -0.15) is 0 Å². The van der Waals surface area contributed by atoms with Gasteiger partial charge < -0.3 is 36.6 Å². The van der Waals surface area contributed by atoms with E-state index in [9.17, 15) is 24.0 Å². The number of oxime groups is 1. The third-order valence-corrected chi connectivity index (χ3v) is 4.18. The Morgan fingerprint density at radius 3 is 2.36 bits per heavy atom. The number of carboxylic acids is 2. The summed E-state index contributed by atoms with van der Waals surface area (Å²) in [6.07, 6.45) is -1.18. The topological polar surface area (TPSA) is 246 Å². The van der Waals surface area contributed by atoms with E-state index >= 15 is 0 Å². The molecule has 2 radical (unpaired) electrons. The first-order valence-electron chi connectivity index (χ1n) is 8.14. The van der Waals surface area contributed by atoms with Crippen molar-refractivity contribution in [2.24, 2.45) is 10.9 Å². The Balaban J connectivity index is 0.00000512. The third kappa shape index (κ3) is 9.05. The number of ether oxygens (including phenoxy) is 1. The minimum atomic E-state index is -1.37. The maximum atomic E-state index is 12.7. The van der Waals surface area contributed by atoms with Gasteiger partial charge in [0, 0.05) is 64.5 Å². The second kappa shape index (κ2) is 14.3. The number of nitrogen functional groups attached to an aromatic ring is 1. The number of anilines is 1. The largest absolute Gasteiger partial charge is 0.479 e. The van der Waals surface area contributed by atoms with Crippen molar-refractivity contribution in [2.75, 3.05) is 25.6 Å². The molecule has 1 aliphatic rings. The van der Waals surface area contributed by atoms with Crippen LogP contribution in [0.5, 0.6) is 0 Å². The molecule has 1 aliphatic heterocycles. The molecule has 0 aromatic carbocycles. The van der Waals surface area contributed by atoms with Crippen LogP contribution in [0.2, 0.25) is 0 Å². The van der Waals surface area contributed by atoms with E-state index < -0.39 is 67.5 Å². The average Bonchev–Trinajstić information content (AvgIpc) is 3.10. The summed E-state index contributed by atoms with van der Waals surface area (Å²) in [6.45, 7) is -2.24. The van der Waals surface area contributed by atoms with E-state index in [-0.39, 0.29) is 69.9 Å².